The molecule has 0 aromatic rings. The molecule has 4 N–H and O–H groups in total. The molecule has 22 heavy (non-hydrogen) atoms. The Morgan fingerprint density at radius 2 is 1.59 bits per heavy atom. The number of carboxylic acid groups (broad SMARTS) is 3. The largest absolute Gasteiger partial charge is 0.481 e. The third-order valence-corrected chi connectivity index (χ3v) is 2.60. The van der Waals surface area contributed by atoms with Crippen molar-refractivity contribution in [2.75, 3.05) is 20.6 Å². The van der Waals surface area contributed by atoms with Crippen LogP contribution < -0.4 is 0 Å². The second-order valence-electron chi connectivity index (χ2n) is 4.72. The fraction of sp³-hybridized carbons (Fsp3) is 0.462. The number of carboxylic acids is 3. The summed E-state index contributed by atoms with van der Waals surface area (Å²) >= 11 is 0. The van der Waals surface area contributed by atoms with Crippen molar-refractivity contribution < 1.29 is 34.8 Å². The van der Waals surface area contributed by atoms with Crippen LogP contribution in [0.3, 0.4) is 0 Å². The molecule has 9 nitrogen and oxygen atoms in total. The van der Waals surface area contributed by atoms with E-state index in [9.17, 15) is 14.4 Å². The van der Waals surface area contributed by atoms with E-state index in [1.165, 1.54) is 0 Å². The number of hydrazine groups is 1. The summed E-state index contributed by atoms with van der Waals surface area (Å²) < 4.78 is 0. The van der Waals surface area contributed by atoms with Gasteiger partial charge in [0.1, 0.15) is 0 Å². The van der Waals surface area contributed by atoms with Gasteiger partial charge in [-0.1, -0.05) is 12.2 Å². The maximum Gasteiger partial charge on any atom is 0.336 e. The molecule has 1 rings (SSSR count). The molecule has 0 bridgehead atoms. The van der Waals surface area contributed by atoms with Crippen LogP contribution in [-0.2, 0) is 14.4 Å². The molecule has 0 fully saturated rings. The molecule has 0 aromatic heterocycles. The number of allylic oxidation sites excluding steroid dienone is 2. The zero-order valence-corrected chi connectivity index (χ0v) is 12.3. The molecule has 0 aliphatic carbocycles. The van der Waals surface area contributed by atoms with Gasteiger partial charge in [-0.15, -0.1) is 0 Å². The van der Waals surface area contributed by atoms with Gasteiger partial charge >= 0.3 is 17.9 Å². The van der Waals surface area contributed by atoms with Gasteiger partial charge in [-0.2, -0.15) is 0 Å². The van der Waals surface area contributed by atoms with Gasteiger partial charge in [0.25, 0.3) is 0 Å². The predicted octanol–water partition coefficient (Wildman–Crippen LogP) is -0.400. The Labute approximate surface area is 127 Å². The van der Waals surface area contributed by atoms with Crippen LogP contribution in [0.2, 0.25) is 0 Å². The highest BCUT2D eigenvalue weighted by molar-refractivity contribution is 5.88. The topological polar surface area (TPSA) is 139 Å². The minimum Gasteiger partial charge on any atom is -0.481 e. The van der Waals surface area contributed by atoms with Crippen molar-refractivity contribution in [1.29, 1.82) is 0 Å². The summed E-state index contributed by atoms with van der Waals surface area (Å²) in [6, 6.07) is 0. The van der Waals surface area contributed by atoms with E-state index in [2.05, 4.69) is 28.4 Å². The first-order chi connectivity index (χ1) is 10.1. The van der Waals surface area contributed by atoms with Gasteiger partial charge < -0.3 is 25.4 Å². The summed E-state index contributed by atoms with van der Waals surface area (Å²) in [7, 11) is 4.06. The van der Waals surface area contributed by atoms with E-state index in [-0.39, 0.29) is 0 Å². The first kappa shape index (κ1) is 19.6. The second-order valence-corrected chi connectivity index (χ2v) is 4.72. The average molecular weight is 316 g/mol. The van der Waals surface area contributed by atoms with Gasteiger partial charge in [0.05, 0.1) is 19.4 Å². The van der Waals surface area contributed by atoms with E-state index in [0.29, 0.717) is 0 Å². The van der Waals surface area contributed by atoms with Crippen LogP contribution in [0.1, 0.15) is 12.8 Å². The SMILES string of the molecule is CN(C)N1C=CC=CC1.O=C(O)CC(O)(CC(=O)O)C(=O)O. The molecule has 1 heterocycles. The van der Waals surface area contributed by atoms with E-state index in [4.69, 9.17) is 20.4 Å². The highest BCUT2D eigenvalue weighted by Crippen LogP contribution is 2.15. The maximum absolute atomic E-state index is 10.3. The zero-order chi connectivity index (χ0) is 17.3. The monoisotopic (exact) mass is 316 g/mol. The Kier molecular flexibility index (Phi) is 7.84. The third-order valence-electron chi connectivity index (χ3n) is 2.60. The minimum absolute atomic E-state index is 0.990. The number of aliphatic carboxylic acids is 3. The molecular weight excluding hydrogens is 296 g/mol. The molecule has 0 aromatic carbocycles. The minimum atomic E-state index is -2.74. The Morgan fingerprint density at radius 1 is 1.09 bits per heavy atom. The van der Waals surface area contributed by atoms with Gasteiger partial charge in [0, 0.05) is 20.3 Å². The van der Waals surface area contributed by atoms with Crippen molar-refractivity contribution in [3.8, 4) is 0 Å². The smallest absolute Gasteiger partial charge is 0.336 e. The number of rotatable bonds is 6. The molecular formula is C13H20N2O7. The summed E-state index contributed by atoms with van der Waals surface area (Å²) in [5.41, 5.74) is -2.74. The predicted molar refractivity (Wildman–Crippen MR) is 75.8 cm³/mol. The number of carbonyl (C=O) groups is 3. The van der Waals surface area contributed by atoms with Crippen LogP contribution in [0.5, 0.6) is 0 Å². The summed E-state index contributed by atoms with van der Waals surface area (Å²) in [4.78, 5) is 30.5. The first-order valence-corrected chi connectivity index (χ1v) is 6.25. The van der Waals surface area contributed by atoms with Crippen molar-refractivity contribution in [2.24, 2.45) is 0 Å². The standard InChI is InChI=1S/C7H12N2.C6H8O7/c1-8(2)9-6-4-3-5-7-9;7-3(8)1-6(13,5(11)12)2-4(9)10/h3-6H,7H2,1-2H3;13H,1-2H2,(H,7,8)(H,9,10)(H,11,12). The maximum atomic E-state index is 10.3. The highest BCUT2D eigenvalue weighted by Gasteiger charge is 2.40. The molecule has 0 unspecified atom stereocenters. The third kappa shape index (κ3) is 7.41. The van der Waals surface area contributed by atoms with Crippen molar-refractivity contribution in [3.63, 3.8) is 0 Å². The zero-order valence-electron chi connectivity index (χ0n) is 12.3. The molecule has 0 amide bonds. The lowest BCUT2D eigenvalue weighted by atomic mass is 9.96. The normalized spacial score (nSPS) is 13.5. The fourth-order valence-electron chi connectivity index (χ4n) is 1.47. The van der Waals surface area contributed by atoms with Gasteiger partial charge in [-0.05, 0) is 6.08 Å². The van der Waals surface area contributed by atoms with Crippen molar-refractivity contribution in [1.82, 2.24) is 10.0 Å². The van der Waals surface area contributed by atoms with Crippen molar-refractivity contribution in [2.45, 2.75) is 18.4 Å². The Balaban J connectivity index is 0.000000425. The summed E-state index contributed by atoms with van der Waals surface area (Å²) in [6.07, 6.45) is 5.98. The molecule has 124 valence electrons. The van der Waals surface area contributed by atoms with E-state index in [0.717, 1.165) is 6.54 Å². The van der Waals surface area contributed by atoms with Crippen molar-refractivity contribution >= 4 is 17.9 Å². The van der Waals surface area contributed by atoms with Crippen LogP contribution >= 0.6 is 0 Å². The number of hydrogen-bond donors (Lipinski definition) is 4. The van der Waals surface area contributed by atoms with Crippen LogP contribution in [0.15, 0.2) is 24.4 Å². The summed E-state index contributed by atoms with van der Waals surface area (Å²) in [5.74, 6) is -5.02. The van der Waals surface area contributed by atoms with E-state index >= 15 is 0 Å². The molecule has 0 saturated carbocycles. The average Bonchev–Trinajstić information content (AvgIpc) is 2.38. The summed E-state index contributed by atoms with van der Waals surface area (Å²) in [5, 5.41) is 38.0. The van der Waals surface area contributed by atoms with E-state index < -0.39 is 36.4 Å². The molecule has 0 atom stereocenters. The fourth-order valence-corrected chi connectivity index (χ4v) is 1.47. The highest BCUT2D eigenvalue weighted by atomic mass is 16.4. The molecule has 1 aliphatic rings. The lowest BCUT2D eigenvalue weighted by molar-refractivity contribution is -0.170. The first-order valence-electron chi connectivity index (χ1n) is 6.25. The molecule has 1 aliphatic heterocycles. The number of hydrogen-bond acceptors (Lipinski definition) is 6. The van der Waals surface area contributed by atoms with Crippen LogP contribution in [0.4, 0.5) is 0 Å². The van der Waals surface area contributed by atoms with Crippen LogP contribution in [0, 0.1) is 0 Å². The van der Waals surface area contributed by atoms with Gasteiger partial charge in [-0.3, -0.25) is 9.59 Å². The summed E-state index contributed by atoms with van der Waals surface area (Å²) in [6.45, 7) is 0.990. The molecule has 0 radical (unpaired) electrons. The van der Waals surface area contributed by atoms with Gasteiger partial charge in [0.2, 0.25) is 0 Å². The van der Waals surface area contributed by atoms with Crippen LogP contribution in [-0.4, -0.2) is 74.6 Å². The Bertz CT molecular complexity index is 455. The number of nitrogens with zero attached hydrogens (tertiary/aromatic N) is 2. The van der Waals surface area contributed by atoms with Crippen molar-refractivity contribution in [3.05, 3.63) is 24.4 Å². The second kappa shape index (κ2) is 8.80. The lowest BCUT2D eigenvalue weighted by Gasteiger charge is -2.27. The van der Waals surface area contributed by atoms with Crippen LogP contribution in [0.25, 0.3) is 0 Å². The van der Waals surface area contributed by atoms with E-state index in [1.807, 2.05) is 20.2 Å². The van der Waals surface area contributed by atoms with Gasteiger partial charge in [-0.25, -0.2) is 9.80 Å². The molecule has 0 spiro atoms. The molecule has 9 heteroatoms. The van der Waals surface area contributed by atoms with Gasteiger partial charge in [0.15, 0.2) is 5.60 Å². The lowest BCUT2D eigenvalue weighted by Crippen LogP contribution is -2.42. The quantitative estimate of drug-likeness (QED) is 0.515. The van der Waals surface area contributed by atoms with E-state index in [1.54, 1.807) is 0 Å². The Morgan fingerprint density at radius 3 is 1.82 bits per heavy atom. The number of aliphatic hydroxyl groups is 1. The Hall–Kier alpha value is -2.39. The molecule has 0 saturated heterocycles.